The molecule has 5 nitrogen and oxygen atoms in total. The lowest BCUT2D eigenvalue weighted by Crippen LogP contribution is -2.35. The summed E-state index contributed by atoms with van der Waals surface area (Å²) in [7, 11) is 1.63. The monoisotopic (exact) mass is 293 g/mol. The van der Waals surface area contributed by atoms with E-state index in [1.807, 2.05) is 25.1 Å². The van der Waals surface area contributed by atoms with Crippen LogP contribution >= 0.6 is 0 Å². The first-order valence-electron chi connectivity index (χ1n) is 7.39. The molecule has 0 aliphatic carbocycles. The Balaban J connectivity index is 2.06. The molecule has 0 saturated carbocycles. The number of rotatable bonds is 7. The fourth-order valence-electron chi connectivity index (χ4n) is 2.33. The molecule has 1 aliphatic rings. The number of hydrogen-bond donors (Lipinski definition) is 1. The molecule has 5 heteroatoms. The Hall–Kier alpha value is -1.75. The Bertz CT molecular complexity index is 489. The zero-order chi connectivity index (χ0) is 15.2. The number of cyclic esters (lactones) is 1. The number of carbonyl (C=O) groups excluding carboxylic acids is 1. The number of hydrogen-bond acceptors (Lipinski definition) is 5. The van der Waals surface area contributed by atoms with Crippen molar-refractivity contribution in [1.82, 2.24) is 5.32 Å². The van der Waals surface area contributed by atoms with E-state index in [1.165, 1.54) is 0 Å². The van der Waals surface area contributed by atoms with E-state index in [1.54, 1.807) is 7.11 Å². The third-order valence-electron chi connectivity index (χ3n) is 3.54. The summed E-state index contributed by atoms with van der Waals surface area (Å²) >= 11 is 0. The lowest BCUT2D eigenvalue weighted by Gasteiger charge is -2.19. The van der Waals surface area contributed by atoms with Crippen LogP contribution in [0.1, 0.15) is 38.3 Å². The molecule has 116 valence electrons. The summed E-state index contributed by atoms with van der Waals surface area (Å²) in [4.78, 5) is 11.5. The lowest BCUT2D eigenvalue weighted by atomic mass is 10.1. The summed E-state index contributed by atoms with van der Waals surface area (Å²) in [6.07, 6.45) is 1.67. The Morgan fingerprint density at radius 2 is 2.24 bits per heavy atom. The van der Waals surface area contributed by atoms with Gasteiger partial charge in [0.05, 0.1) is 20.3 Å². The van der Waals surface area contributed by atoms with Gasteiger partial charge in [0.15, 0.2) is 11.5 Å². The minimum Gasteiger partial charge on any atom is -0.493 e. The van der Waals surface area contributed by atoms with Crippen molar-refractivity contribution in [2.24, 2.45) is 0 Å². The molecule has 0 bridgehead atoms. The summed E-state index contributed by atoms with van der Waals surface area (Å²) in [6.45, 7) is 5.24. The first kappa shape index (κ1) is 15.6. The van der Waals surface area contributed by atoms with Crippen molar-refractivity contribution in [3.63, 3.8) is 0 Å². The number of esters is 1. The standard InChI is InChI=1S/C16H23NO4/c1-4-8-20-14-6-5-12(10-15(14)19-3)11(2)17-13-7-9-21-16(13)18/h5-6,10-11,13,17H,4,7-9H2,1-3H3/t11-,13-/m1/s1. The molecule has 2 atom stereocenters. The highest BCUT2D eigenvalue weighted by atomic mass is 16.5. The van der Waals surface area contributed by atoms with Crippen LogP contribution in [0, 0.1) is 0 Å². The van der Waals surface area contributed by atoms with Crippen LogP contribution in [0.15, 0.2) is 18.2 Å². The smallest absolute Gasteiger partial charge is 0.323 e. The van der Waals surface area contributed by atoms with E-state index >= 15 is 0 Å². The van der Waals surface area contributed by atoms with Gasteiger partial charge in [-0.15, -0.1) is 0 Å². The molecule has 1 N–H and O–H groups in total. The second-order valence-corrected chi connectivity index (χ2v) is 5.16. The lowest BCUT2D eigenvalue weighted by molar-refractivity contribution is -0.139. The minimum absolute atomic E-state index is 0.0368. The largest absolute Gasteiger partial charge is 0.493 e. The molecule has 1 aromatic rings. The summed E-state index contributed by atoms with van der Waals surface area (Å²) in [5.41, 5.74) is 1.05. The zero-order valence-electron chi connectivity index (χ0n) is 12.8. The molecule has 1 aromatic carbocycles. The molecule has 21 heavy (non-hydrogen) atoms. The van der Waals surface area contributed by atoms with Crippen LogP contribution in [0.2, 0.25) is 0 Å². The molecule has 1 saturated heterocycles. The predicted molar refractivity (Wildman–Crippen MR) is 79.7 cm³/mol. The highest BCUT2D eigenvalue weighted by Gasteiger charge is 2.27. The molecule has 2 rings (SSSR count). The Morgan fingerprint density at radius 3 is 2.86 bits per heavy atom. The fourth-order valence-corrected chi connectivity index (χ4v) is 2.33. The van der Waals surface area contributed by atoms with Gasteiger partial charge in [0, 0.05) is 12.5 Å². The molecule has 0 aromatic heterocycles. The zero-order valence-corrected chi connectivity index (χ0v) is 12.8. The molecule has 1 fully saturated rings. The van der Waals surface area contributed by atoms with Crippen LogP contribution in [-0.2, 0) is 9.53 Å². The van der Waals surface area contributed by atoms with Gasteiger partial charge in [0.2, 0.25) is 0 Å². The highest BCUT2D eigenvalue weighted by molar-refractivity contribution is 5.77. The van der Waals surface area contributed by atoms with Gasteiger partial charge in [-0.05, 0) is 31.0 Å². The Kier molecular flexibility index (Phi) is 5.44. The van der Waals surface area contributed by atoms with Crippen molar-refractivity contribution in [3.05, 3.63) is 23.8 Å². The van der Waals surface area contributed by atoms with Crippen LogP contribution < -0.4 is 14.8 Å². The molecule has 0 unspecified atom stereocenters. The molecular weight excluding hydrogens is 270 g/mol. The Morgan fingerprint density at radius 1 is 1.43 bits per heavy atom. The van der Waals surface area contributed by atoms with Crippen LogP contribution in [-0.4, -0.2) is 32.3 Å². The van der Waals surface area contributed by atoms with Crippen LogP contribution in [0.4, 0.5) is 0 Å². The van der Waals surface area contributed by atoms with Gasteiger partial charge in [-0.3, -0.25) is 10.1 Å². The van der Waals surface area contributed by atoms with Gasteiger partial charge in [0.1, 0.15) is 6.04 Å². The highest BCUT2D eigenvalue weighted by Crippen LogP contribution is 2.30. The maximum Gasteiger partial charge on any atom is 0.323 e. The topological polar surface area (TPSA) is 56.8 Å². The van der Waals surface area contributed by atoms with Gasteiger partial charge in [-0.25, -0.2) is 0 Å². The number of ether oxygens (including phenoxy) is 3. The Labute approximate surface area is 125 Å². The van der Waals surface area contributed by atoms with E-state index < -0.39 is 0 Å². The van der Waals surface area contributed by atoms with Crippen LogP contribution in [0.25, 0.3) is 0 Å². The maximum atomic E-state index is 11.5. The molecular formula is C16H23NO4. The van der Waals surface area contributed by atoms with Crippen molar-refractivity contribution >= 4 is 5.97 Å². The third kappa shape index (κ3) is 3.88. The second-order valence-electron chi connectivity index (χ2n) is 5.16. The quantitative estimate of drug-likeness (QED) is 0.783. The molecule has 0 amide bonds. The summed E-state index contributed by atoms with van der Waals surface area (Å²) in [6, 6.07) is 5.67. The van der Waals surface area contributed by atoms with E-state index in [9.17, 15) is 4.79 Å². The van der Waals surface area contributed by atoms with E-state index in [4.69, 9.17) is 14.2 Å². The molecule has 0 spiro atoms. The summed E-state index contributed by atoms with van der Waals surface area (Å²) in [5, 5.41) is 3.29. The maximum absolute atomic E-state index is 11.5. The van der Waals surface area contributed by atoms with E-state index in [2.05, 4.69) is 12.2 Å². The number of benzene rings is 1. The van der Waals surface area contributed by atoms with Crippen molar-refractivity contribution < 1.29 is 19.0 Å². The van der Waals surface area contributed by atoms with Gasteiger partial charge in [0.25, 0.3) is 0 Å². The van der Waals surface area contributed by atoms with Gasteiger partial charge >= 0.3 is 5.97 Å². The van der Waals surface area contributed by atoms with Crippen molar-refractivity contribution in [2.75, 3.05) is 20.3 Å². The molecule has 1 heterocycles. The third-order valence-corrected chi connectivity index (χ3v) is 3.54. The van der Waals surface area contributed by atoms with Crippen molar-refractivity contribution in [1.29, 1.82) is 0 Å². The van der Waals surface area contributed by atoms with E-state index in [-0.39, 0.29) is 18.1 Å². The number of methoxy groups -OCH3 is 1. The predicted octanol–water partition coefficient (Wildman–Crippen LogP) is 2.45. The SMILES string of the molecule is CCCOc1ccc([C@@H](C)N[C@@H]2CCOC2=O)cc1OC. The summed E-state index contributed by atoms with van der Waals surface area (Å²) in [5.74, 6) is 1.29. The normalized spacial score (nSPS) is 19.2. The number of nitrogens with one attached hydrogen (secondary N) is 1. The van der Waals surface area contributed by atoms with E-state index in [0.29, 0.717) is 19.0 Å². The van der Waals surface area contributed by atoms with Crippen LogP contribution in [0.5, 0.6) is 11.5 Å². The molecule has 0 radical (unpaired) electrons. The minimum atomic E-state index is -0.220. The first-order chi connectivity index (χ1) is 10.2. The second kappa shape index (κ2) is 7.31. The fraction of sp³-hybridized carbons (Fsp3) is 0.562. The van der Waals surface area contributed by atoms with Crippen molar-refractivity contribution in [2.45, 2.75) is 38.8 Å². The van der Waals surface area contributed by atoms with Gasteiger partial charge in [-0.1, -0.05) is 13.0 Å². The van der Waals surface area contributed by atoms with Gasteiger partial charge < -0.3 is 14.2 Å². The number of carbonyl (C=O) groups is 1. The first-order valence-corrected chi connectivity index (χ1v) is 7.39. The average molecular weight is 293 g/mol. The van der Waals surface area contributed by atoms with Gasteiger partial charge in [-0.2, -0.15) is 0 Å². The molecule has 1 aliphatic heterocycles. The van der Waals surface area contributed by atoms with Crippen LogP contribution in [0.3, 0.4) is 0 Å². The van der Waals surface area contributed by atoms with Crippen molar-refractivity contribution in [3.8, 4) is 11.5 Å². The average Bonchev–Trinajstić information content (AvgIpc) is 2.90. The van der Waals surface area contributed by atoms with E-state index in [0.717, 1.165) is 24.2 Å². The summed E-state index contributed by atoms with van der Waals surface area (Å²) < 4.78 is 16.0.